The third kappa shape index (κ3) is 4.75. The number of hydrogen-bond acceptors (Lipinski definition) is 10. The van der Waals surface area contributed by atoms with Gasteiger partial charge in [0.25, 0.3) is 5.88 Å². The Kier molecular flexibility index (Phi) is 7.93. The molecular formula is C36H30ClFN2O8. The molecule has 3 aliphatic carbocycles. The van der Waals surface area contributed by atoms with Crippen LogP contribution in [0.2, 0.25) is 5.02 Å². The fourth-order valence-electron chi connectivity index (χ4n) is 7.29. The van der Waals surface area contributed by atoms with E-state index < -0.39 is 57.9 Å². The fourth-order valence-corrected chi connectivity index (χ4v) is 7.59. The zero-order valence-corrected chi connectivity index (χ0v) is 26.7. The summed E-state index contributed by atoms with van der Waals surface area (Å²) in [5.74, 6) is -6.03. The first-order valence-electron chi connectivity index (χ1n) is 15.3. The number of hydrogen-bond donors (Lipinski definition) is 2. The lowest BCUT2D eigenvalue weighted by Gasteiger charge is -2.49. The lowest BCUT2D eigenvalue weighted by Crippen LogP contribution is -2.59. The average molecular weight is 673 g/mol. The number of allylic oxidation sites excluding steroid dienone is 1. The Morgan fingerprint density at radius 2 is 1.67 bits per heavy atom. The van der Waals surface area contributed by atoms with Crippen molar-refractivity contribution >= 4 is 29.5 Å². The van der Waals surface area contributed by atoms with E-state index in [1.54, 1.807) is 49.3 Å². The predicted octanol–water partition coefficient (Wildman–Crippen LogP) is 5.85. The summed E-state index contributed by atoms with van der Waals surface area (Å²) >= 11 is 6.56. The Hall–Kier alpha value is -4.84. The number of fused-ring (bicyclic) bond motifs is 4. The van der Waals surface area contributed by atoms with Crippen LogP contribution in [-0.4, -0.2) is 57.8 Å². The van der Waals surface area contributed by atoms with Gasteiger partial charge < -0.3 is 24.2 Å². The molecule has 12 heteroatoms. The maximum atomic E-state index is 15.8. The largest absolute Gasteiger partial charge is 0.508 e. The summed E-state index contributed by atoms with van der Waals surface area (Å²) in [5, 5.41) is 28.0. The smallest absolute Gasteiger partial charge is 0.265 e. The van der Waals surface area contributed by atoms with Gasteiger partial charge in [-0.1, -0.05) is 72.3 Å². The number of halogens is 2. The minimum absolute atomic E-state index is 0.00225. The number of carbonyl (C=O) groups is 3. The first kappa shape index (κ1) is 31.7. The van der Waals surface area contributed by atoms with E-state index in [0.29, 0.717) is 5.56 Å². The van der Waals surface area contributed by atoms with E-state index in [2.05, 4.69) is 5.16 Å². The highest BCUT2D eigenvalue weighted by Crippen LogP contribution is 2.57. The quantitative estimate of drug-likeness (QED) is 0.219. The Labute approximate surface area is 279 Å². The minimum Gasteiger partial charge on any atom is -0.508 e. The molecule has 7 rings (SSSR count). The van der Waals surface area contributed by atoms with E-state index in [4.69, 9.17) is 25.6 Å². The van der Waals surface area contributed by atoms with Gasteiger partial charge in [0, 0.05) is 11.5 Å². The second-order valence-corrected chi connectivity index (χ2v) is 12.8. The molecule has 10 nitrogen and oxygen atoms in total. The monoisotopic (exact) mass is 672 g/mol. The van der Waals surface area contributed by atoms with Crippen LogP contribution in [0.5, 0.6) is 11.6 Å². The Morgan fingerprint density at radius 1 is 1.04 bits per heavy atom. The Morgan fingerprint density at radius 3 is 2.27 bits per heavy atom. The number of carbonyl (C=O) groups excluding carboxylic acids is 3. The van der Waals surface area contributed by atoms with Crippen molar-refractivity contribution in [1.29, 1.82) is 0 Å². The van der Waals surface area contributed by atoms with Crippen LogP contribution in [0.4, 0.5) is 4.39 Å². The van der Waals surface area contributed by atoms with Gasteiger partial charge in [-0.3, -0.25) is 19.3 Å². The molecule has 4 aromatic rings. The lowest BCUT2D eigenvalue weighted by atomic mass is 9.58. The standard InChI is InChI=1S/C36H30ClFN2O8/c1-40(2)29-23-14-20-13-21-25(31(28(38)22(15-41)27(21)37)46-16-18-9-5-3-6-10-18)30(42)24(20)33(43)36(23,45)34(44)26-32(29)48-39-35(26)47-17-19-11-7-4-8-12-19/h3-12,15,20,23,29,43,45H,13-14,16-17H2,1-2H3/t20-,23-,29-,36-/m0/s1. The van der Waals surface area contributed by atoms with Crippen LogP contribution < -0.4 is 9.47 Å². The molecule has 4 atom stereocenters. The number of aromatic nitrogens is 1. The van der Waals surface area contributed by atoms with E-state index in [1.807, 2.05) is 30.3 Å². The summed E-state index contributed by atoms with van der Waals surface area (Å²) in [6, 6.07) is 17.2. The van der Waals surface area contributed by atoms with Crippen LogP contribution in [0.25, 0.3) is 0 Å². The molecule has 2 N–H and O–H groups in total. The molecule has 0 saturated heterocycles. The minimum atomic E-state index is -2.58. The molecule has 0 bridgehead atoms. The lowest BCUT2D eigenvalue weighted by molar-refractivity contribution is -0.0559. The van der Waals surface area contributed by atoms with E-state index in [-0.39, 0.29) is 71.3 Å². The number of ketones is 2. The molecule has 1 heterocycles. The zero-order chi connectivity index (χ0) is 33.9. The van der Waals surface area contributed by atoms with Gasteiger partial charge in [-0.2, -0.15) is 0 Å². The van der Waals surface area contributed by atoms with Crippen molar-refractivity contribution in [2.24, 2.45) is 11.8 Å². The fraction of sp³-hybridized carbons (Fsp3) is 0.278. The van der Waals surface area contributed by atoms with Crippen molar-refractivity contribution in [1.82, 2.24) is 10.1 Å². The van der Waals surface area contributed by atoms with Gasteiger partial charge in [-0.25, -0.2) is 4.39 Å². The normalized spacial score (nSPS) is 22.9. The van der Waals surface area contributed by atoms with Gasteiger partial charge in [0.15, 0.2) is 35.0 Å². The molecule has 0 fully saturated rings. The Balaban J connectivity index is 1.34. The van der Waals surface area contributed by atoms with Crippen molar-refractivity contribution in [3.05, 3.63) is 122 Å². The van der Waals surface area contributed by atoms with Crippen molar-refractivity contribution in [2.75, 3.05) is 14.1 Å². The molecule has 0 saturated carbocycles. The van der Waals surface area contributed by atoms with Crippen molar-refractivity contribution in [3.63, 3.8) is 0 Å². The van der Waals surface area contributed by atoms with Crippen LogP contribution in [-0.2, 0) is 19.6 Å². The summed E-state index contributed by atoms with van der Waals surface area (Å²) in [6.45, 7) is -0.0875. The average Bonchev–Trinajstić information content (AvgIpc) is 3.50. The number of aldehydes is 1. The molecule has 0 radical (unpaired) electrons. The van der Waals surface area contributed by atoms with Crippen LogP contribution in [0, 0.1) is 17.7 Å². The van der Waals surface area contributed by atoms with E-state index in [0.717, 1.165) is 5.56 Å². The molecule has 3 aromatic carbocycles. The molecule has 1 aromatic heterocycles. The molecule has 0 unspecified atom stereocenters. The van der Waals surface area contributed by atoms with Crippen molar-refractivity contribution < 1.29 is 43.0 Å². The second-order valence-electron chi connectivity index (χ2n) is 12.5. The van der Waals surface area contributed by atoms with Crippen molar-refractivity contribution in [2.45, 2.75) is 37.7 Å². The molecule has 246 valence electrons. The SMILES string of the molecule is CN(C)[C@@H]1c2onc(OCc3ccccc3)c2C(=O)[C@@]2(O)C(O)=C3C(=O)c4c(c(Cl)c(C=O)c(F)c4OCc4ccccc4)C[C@H]3C[C@@H]12. The number of benzene rings is 3. The molecule has 0 spiro atoms. The second kappa shape index (κ2) is 12.0. The summed E-state index contributed by atoms with van der Waals surface area (Å²) in [4.78, 5) is 42.4. The van der Waals surface area contributed by atoms with Gasteiger partial charge in [0.05, 0.1) is 22.2 Å². The van der Waals surface area contributed by atoms with Crippen LogP contribution in [0.1, 0.15) is 66.0 Å². The third-order valence-corrected chi connectivity index (χ3v) is 9.95. The van der Waals surface area contributed by atoms with Crippen LogP contribution in [0.3, 0.4) is 0 Å². The summed E-state index contributed by atoms with van der Waals surface area (Å²) in [5.41, 5.74) is -2.05. The van der Waals surface area contributed by atoms with E-state index in [9.17, 15) is 24.6 Å². The predicted molar refractivity (Wildman–Crippen MR) is 170 cm³/mol. The zero-order valence-electron chi connectivity index (χ0n) is 25.9. The summed E-state index contributed by atoms with van der Waals surface area (Å²) in [6.07, 6.45) is 0.295. The first-order valence-corrected chi connectivity index (χ1v) is 15.7. The number of aliphatic hydroxyl groups excluding tert-OH is 1. The number of Topliss-reactive ketones (excluding diaryl/α,β-unsaturated/α-hetero) is 2. The number of ether oxygens (including phenoxy) is 2. The molecule has 3 aliphatic rings. The number of rotatable bonds is 8. The van der Waals surface area contributed by atoms with Gasteiger partial charge in [0.1, 0.15) is 24.5 Å². The van der Waals surface area contributed by atoms with E-state index in [1.165, 1.54) is 0 Å². The maximum absolute atomic E-state index is 15.8. The van der Waals surface area contributed by atoms with Gasteiger partial charge in [-0.05, 0) is 54.7 Å². The Bertz CT molecular complexity index is 1990. The highest BCUT2D eigenvalue weighted by molar-refractivity contribution is 6.35. The molecule has 0 amide bonds. The van der Waals surface area contributed by atoms with E-state index >= 15 is 4.39 Å². The molecule has 0 aliphatic heterocycles. The molecular weight excluding hydrogens is 643 g/mol. The highest BCUT2D eigenvalue weighted by atomic mass is 35.5. The van der Waals surface area contributed by atoms with Crippen LogP contribution >= 0.6 is 11.6 Å². The van der Waals surface area contributed by atoms with Gasteiger partial charge in [-0.15, -0.1) is 0 Å². The van der Waals surface area contributed by atoms with Gasteiger partial charge in [0.2, 0.25) is 5.78 Å². The summed E-state index contributed by atoms with van der Waals surface area (Å²) in [7, 11) is 3.45. The number of nitrogens with zero attached hydrogens (tertiary/aromatic N) is 2. The third-order valence-electron chi connectivity index (χ3n) is 9.52. The maximum Gasteiger partial charge on any atom is 0.265 e. The summed E-state index contributed by atoms with van der Waals surface area (Å²) < 4.78 is 33.2. The highest BCUT2D eigenvalue weighted by Gasteiger charge is 2.64. The molecule has 48 heavy (non-hydrogen) atoms. The first-order chi connectivity index (χ1) is 23.1. The van der Waals surface area contributed by atoms with Crippen molar-refractivity contribution in [3.8, 4) is 11.6 Å². The number of aliphatic hydroxyl groups is 2. The van der Waals surface area contributed by atoms with Crippen LogP contribution in [0.15, 0.2) is 76.5 Å². The van der Waals surface area contributed by atoms with Gasteiger partial charge >= 0.3 is 0 Å². The topological polar surface area (TPSA) is 139 Å².